The second kappa shape index (κ2) is 7.73. The van der Waals surface area contributed by atoms with E-state index in [4.69, 9.17) is 10.00 Å². The highest BCUT2D eigenvalue weighted by atomic mass is 33.1. The first-order chi connectivity index (χ1) is 8.60. The van der Waals surface area contributed by atoms with Gasteiger partial charge in [0, 0.05) is 17.1 Å². The molecule has 0 bridgehead atoms. The molecule has 98 valence electrons. The van der Waals surface area contributed by atoms with E-state index in [-0.39, 0.29) is 0 Å². The van der Waals surface area contributed by atoms with Gasteiger partial charge in [0.15, 0.2) is 0 Å². The quantitative estimate of drug-likeness (QED) is 0.763. The van der Waals surface area contributed by atoms with E-state index in [0.717, 1.165) is 12.4 Å². The molecule has 0 saturated carbocycles. The van der Waals surface area contributed by atoms with Crippen molar-refractivity contribution in [2.45, 2.75) is 31.6 Å². The third kappa shape index (κ3) is 4.93. The van der Waals surface area contributed by atoms with Gasteiger partial charge < -0.3 is 4.74 Å². The third-order valence-electron chi connectivity index (χ3n) is 2.54. The van der Waals surface area contributed by atoms with Gasteiger partial charge in [-0.1, -0.05) is 39.8 Å². The molecule has 0 spiro atoms. The average molecular weight is 281 g/mol. The van der Waals surface area contributed by atoms with Gasteiger partial charge in [-0.05, 0) is 32.9 Å². The summed E-state index contributed by atoms with van der Waals surface area (Å²) in [4.78, 5) is 0. The van der Waals surface area contributed by atoms with Gasteiger partial charge in [0.2, 0.25) is 0 Å². The first-order valence-corrected chi connectivity index (χ1v) is 8.29. The summed E-state index contributed by atoms with van der Waals surface area (Å²) in [7, 11) is 3.86. The van der Waals surface area contributed by atoms with Crippen LogP contribution in [0.25, 0.3) is 0 Å². The van der Waals surface area contributed by atoms with Crippen LogP contribution < -0.4 is 0 Å². The van der Waals surface area contributed by atoms with Crippen LogP contribution in [0, 0.1) is 11.3 Å². The Kier molecular flexibility index (Phi) is 6.62. The van der Waals surface area contributed by atoms with Gasteiger partial charge in [-0.25, -0.2) is 0 Å². The maximum Gasteiger partial charge on any atom is 0.0991 e. The van der Waals surface area contributed by atoms with Crippen molar-refractivity contribution in [1.82, 2.24) is 0 Å². The molecule has 1 fully saturated rings. The number of ether oxygens (including phenoxy) is 1. The number of rotatable bonds is 2. The van der Waals surface area contributed by atoms with Crippen LogP contribution in [-0.2, 0) is 4.74 Å². The summed E-state index contributed by atoms with van der Waals surface area (Å²) in [5.41, 5.74) is 0.715. The minimum Gasteiger partial charge on any atom is -0.376 e. The largest absolute Gasteiger partial charge is 0.376 e. The van der Waals surface area contributed by atoms with Crippen LogP contribution >= 0.6 is 21.6 Å². The normalized spacial score (nSPS) is 20.7. The monoisotopic (exact) mass is 281 g/mol. The number of nitriles is 1. The van der Waals surface area contributed by atoms with E-state index >= 15 is 0 Å². The molecule has 2 nitrogen and oxygen atoms in total. The molecule has 0 N–H and O–H groups in total. The van der Waals surface area contributed by atoms with Gasteiger partial charge in [0.1, 0.15) is 0 Å². The fourth-order valence-electron chi connectivity index (χ4n) is 1.46. The van der Waals surface area contributed by atoms with E-state index in [1.165, 1.54) is 0 Å². The van der Waals surface area contributed by atoms with Gasteiger partial charge in [0.05, 0.1) is 17.7 Å². The Hall–Kier alpha value is -0.630. The van der Waals surface area contributed by atoms with Gasteiger partial charge in [-0.3, -0.25) is 0 Å². The van der Waals surface area contributed by atoms with E-state index in [1.54, 1.807) is 12.1 Å². The van der Waals surface area contributed by atoms with Crippen LogP contribution in [0.4, 0.5) is 0 Å². The second-order valence-corrected chi connectivity index (χ2v) is 7.39. The summed E-state index contributed by atoms with van der Waals surface area (Å²) < 4.78 is 5.90. The topological polar surface area (TPSA) is 33.0 Å². The zero-order valence-electron chi connectivity index (χ0n) is 11.1. The van der Waals surface area contributed by atoms with E-state index in [2.05, 4.69) is 20.8 Å². The summed E-state index contributed by atoms with van der Waals surface area (Å²) in [6.07, 6.45) is 0.451. The Morgan fingerprint density at radius 2 is 2.06 bits per heavy atom. The highest BCUT2D eigenvalue weighted by Gasteiger charge is 2.36. The summed E-state index contributed by atoms with van der Waals surface area (Å²) in [5.74, 6) is 1.14. The highest BCUT2D eigenvalue weighted by molar-refractivity contribution is 8.77. The zero-order valence-corrected chi connectivity index (χ0v) is 12.7. The summed E-state index contributed by atoms with van der Waals surface area (Å²) >= 11 is 0. The molecule has 1 saturated heterocycles. The fourth-order valence-corrected chi connectivity index (χ4v) is 4.65. The molecule has 2 rings (SSSR count). The molecule has 1 unspecified atom stereocenters. The zero-order chi connectivity index (χ0) is 13.4. The Morgan fingerprint density at radius 1 is 1.39 bits per heavy atom. The van der Waals surface area contributed by atoms with Crippen molar-refractivity contribution in [2.24, 2.45) is 0 Å². The Balaban J connectivity index is 0.000000184. The summed E-state index contributed by atoms with van der Waals surface area (Å²) in [6, 6.07) is 11.2. The Morgan fingerprint density at radius 3 is 2.44 bits per heavy atom. The van der Waals surface area contributed by atoms with Crippen molar-refractivity contribution in [3.8, 4) is 6.07 Å². The average Bonchev–Trinajstić information content (AvgIpc) is 2.71. The van der Waals surface area contributed by atoms with Crippen molar-refractivity contribution in [1.29, 1.82) is 5.26 Å². The van der Waals surface area contributed by atoms with Crippen molar-refractivity contribution >= 4 is 21.6 Å². The highest BCUT2D eigenvalue weighted by Crippen LogP contribution is 2.47. The number of hydrogen-bond acceptors (Lipinski definition) is 4. The van der Waals surface area contributed by atoms with Crippen LogP contribution in [0.5, 0.6) is 0 Å². The maximum atomic E-state index is 8.29. The molecular weight excluding hydrogens is 262 g/mol. The minimum atomic E-state index is 0.320. The predicted octanol–water partition coefficient (Wildman–Crippen LogP) is 4.12. The van der Waals surface area contributed by atoms with E-state index < -0.39 is 0 Å². The standard InChI is InChI=1S/C7H5N.C7H14OS2/c8-6-7-4-2-1-3-5-7;1-4-8-6-5-9-10-7(6,2)3/h1-5H;6H,4-5H2,1-3H3. The molecule has 0 aliphatic carbocycles. The van der Waals surface area contributed by atoms with Gasteiger partial charge in [-0.15, -0.1) is 0 Å². The lowest BCUT2D eigenvalue weighted by Crippen LogP contribution is -2.32. The van der Waals surface area contributed by atoms with Crippen molar-refractivity contribution in [3.05, 3.63) is 35.9 Å². The van der Waals surface area contributed by atoms with Gasteiger partial charge in [-0.2, -0.15) is 5.26 Å². The summed E-state index contributed by atoms with van der Waals surface area (Å²) in [5, 5.41) is 8.29. The molecular formula is C14H19NOS2. The van der Waals surface area contributed by atoms with E-state index in [0.29, 0.717) is 16.4 Å². The fraction of sp³-hybridized carbons (Fsp3) is 0.500. The predicted molar refractivity (Wildman–Crippen MR) is 80.7 cm³/mol. The number of hydrogen-bond donors (Lipinski definition) is 0. The van der Waals surface area contributed by atoms with Crippen molar-refractivity contribution in [3.63, 3.8) is 0 Å². The summed E-state index contributed by atoms with van der Waals surface area (Å²) in [6.45, 7) is 7.40. The molecule has 1 atom stereocenters. The Bertz CT molecular complexity index is 387. The molecule has 1 heterocycles. The van der Waals surface area contributed by atoms with Crippen molar-refractivity contribution < 1.29 is 4.74 Å². The molecule has 0 amide bonds. The van der Waals surface area contributed by atoms with Crippen LogP contribution in [0.1, 0.15) is 26.3 Å². The van der Waals surface area contributed by atoms with E-state index in [9.17, 15) is 0 Å². The second-order valence-electron chi connectivity index (χ2n) is 4.39. The molecule has 1 aliphatic heterocycles. The lowest BCUT2D eigenvalue weighted by molar-refractivity contribution is 0.0613. The first-order valence-electron chi connectivity index (χ1n) is 5.97. The van der Waals surface area contributed by atoms with E-state index in [1.807, 2.05) is 45.9 Å². The molecule has 1 aromatic rings. The maximum absolute atomic E-state index is 8.29. The Labute approximate surface area is 118 Å². The molecule has 0 radical (unpaired) electrons. The number of benzene rings is 1. The smallest absolute Gasteiger partial charge is 0.0991 e. The lowest BCUT2D eigenvalue weighted by Gasteiger charge is -2.23. The lowest BCUT2D eigenvalue weighted by atomic mass is 10.1. The van der Waals surface area contributed by atoms with Gasteiger partial charge in [0.25, 0.3) is 0 Å². The van der Waals surface area contributed by atoms with Crippen LogP contribution in [0.2, 0.25) is 0 Å². The SMILES string of the molecule is CCOC1CSSC1(C)C.N#Cc1ccccc1. The molecule has 1 aliphatic rings. The molecule has 0 aromatic heterocycles. The van der Waals surface area contributed by atoms with Crippen LogP contribution in [0.15, 0.2) is 30.3 Å². The first kappa shape index (κ1) is 15.4. The van der Waals surface area contributed by atoms with Crippen molar-refractivity contribution in [2.75, 3.05) is 12.4 Å². The molecule has 18 heavy (non-hydrogen) atoms. The molecule has 4 heteroatoms. The minimum absolute atomic E-state index is 0.320. The molecule has 1 aromatic carbocycles. The number of nitrogens with zero attached hydrogens (tertiary/aromatic N) is 1. The van der Waals surface area contributed by atoms with Gasteiger partial charge >= 0.3 is 0 Å². The van der Waals surface area contributed by atoms with Crippen LogP contribution in [0.3, 0.4) is 0 Å². The van der Waals surface area contributed by atoms with Crippen LogP contribution in [-0.4, -0.2) is 23.2 Å². The third-order valence-corrected chi connectivity index (χ3v) is 5.84.